The number of thioether (sulfide) groups is 1. The number of hydrogen-bond acceptors (Lipinski definition) is 5. The Hall–Kier alpha value is -2.02. The zero-order chi connectivity index (χ0) is 18.7. The first-order valence-corrected chi connectivity index (χ1v) is 10.1. The number of aryl methyl sites for hydroxylation is 2. The van der Waals surface area contributed by atoms with Gasteiger partial charge in [0.2, 0.25) is 11.1 Å². The molecule has 1 heterocycles. The minimum absolute atomic E-state index is 0.0640. The molecule has 0 radical (unpaired) electrons. The molecular weight excluding hydrogens is 346 g/mol. The Morgan fingerprint density at radius 2 is 2.00 bits per heavy atom. The summed E-state index contributed by atoms with van der Waals surface area (Å²) < 4.78 is 1.57. The van der Waals surface area contributed by atoms with Crippen LogP contribution < -0.4 is 11.2 Å². The van der Waals surface area contributed by atoms with Crippen LogP contribution >= 0.6 is 11.8 Å². The zero-order valence-corrected chi connectivity index (χ0v) is 16.5. The number of rotatable bonds is 5. The first-order chi connectivity index (χ1) is 12.5. The van der Waals surface area contributed by atoms with E-state index in [2.05, 4.69) is 15.5 Å². The van der Waals surface area contributed by atoms with Crippen LogP contribution in [0.5, 0.6) is 0 Å². The molecule has 1 saturated carbocycles. The molecule has 1 aromatic heterocycles. The van der Waals surface area contributed by atoms with Gasteiger partial charge in [0.1, 0.15) is 0 Å². The van der Waals surface area contributed by atoms with Gasteiger partial charge in [-0.15, -0.1) is 10.2 Å². The van der Waals surface area contributed by atoms with Crippen molar-refractivity contribution >= 4 is 23.4 Å². The van der Waals surface area contributed by atoms with Gasteiger partial charge in [-0.05, 0) is 50.8 Å². The Morgan fingerprint density at radius 3 is 2.73 bits per heavy atom. The number of amides is 1. The number of nitrogens with one attached hydrogen (secondary N) is 1. The van der Waals surface area contributed by atoms with E-state index in [9.17, 15) is 4.79 Å². The van der Waals surface area contributed by atoms with Gasteiger partial charge in [0.05, 0.1) is 5.25 Å². The van der Waals surface area contributed by atoms with Crippen LogP contribution in [0.1, 0.15) is 61.9 Å². The molecule has 1 aliphatic carbocycles. The smallest absolute Gasteiger partial charge is 0.237 e. The van der Waals surface area contributed by atoms with E-state index in [4.69, 9.17) is 5.84 Å². The maximum absolute atomic E-state index is 12.6. The molecule has 140 valence electrons. The van der Waals surface area contributed by atoms with Crippen molar-refractivity contribution in [1.29, 1.82) is 0 Å². The lowest BCUT2D eigenvalue weighted by molar-refractivity contribution is -0.115. The lowest BCUT2D eigenvalue weighted by atomic mass is 9.89. The van der Waals surface area contributed by atoms with Gasteiger partial charge in [-0.25, -0.2) is 4.68 Å². The number of nitrogens with two attached hydrogens (primary N) is 1. The molecule has 0 aliphatic heterocycles. The second-order valence-electron chi connectivity index (χ2n) is 7.11. The van der Waals surface area contributed by atoms with Gasteiger partial charge in [-0.1, -0.05) is 43.2 Å². The maximum atomic E-state index is 12.6. The molecule has 1 aliphatic rings. The number of hydrogen-bond donors (Lipinski definition) is 2. The number of nitrogen functional groups attached to an aromatic ring is 1. The normalized spacial score (nSPS) is 16.4. The minimum atomic E-state index is -0.319. The molecule has 2 aromatic rings. The fourth-order valence-corrected chi connectivity index (χ4v) is 4.10. The number of aromatic nitrogens is 3. The molecule has 7 heteroatoms. The van der Waals surface area contributed by atoms with Crippen molar-refractivity contribution in [2.75, 3.05) is 11.2 Å². The van der Waals surface area contributed by atoms with Crippen molar-refractivity contribution in [2.45, 2.75) is 69.2 Å². The number of benzene rings is 1. The van der Waals surface area contributed by atoms with Crippen molar-refractivity contribution in [2.24, 2.45) is 0 Å². The monoisotopic (exact) mass is 373 g/mol. The minimum Gasteiger partial charge on any atom is -0.336 e. The molecule has 1 amide bonds. The van der Waals surface area contributed by atoms with Crippen molar-refractivity contribution in [1.82, 2.24) is 14.9 Å². The molecule has 1 aromatic carbocycles. The van der Waals surface area contributed by atoms with Crippen LogP contribution in [0.25, 0.3) is 0 Å². The maximum Gasteiger partial charge on any atom is 0.237 e. The Labute approximate surface area is 158 Å². The van der Waals surface area contributed by atoms with E-state index in [1.165, 1.54) is 31.0 Å². The predicted molar refractivity (Wildman–Crippen MR) is 106 cm³/mol. The van der Waals surface area contributed by atoms with Crippen LogP contribution in [-0.4, -0.2) is 26.0 Å². The lowest BCUT2D eigenvalue weighted by Crippen LogP contribution is -2.24. The number of nitrogens with zero attached hydrogens (tertiary/aromatic N) is 3. The van der Waals surface area contributed by atoms with Crippen LogP contribution in [0, 0.1) is 13.8 Å². The van der Waals surface area contributed by atoms with Crippen molar-refractivity contribution in [3.8, 4) is 0 Å². The summed E-state index contributed by atoms with van der Waals surface area (Å²) in [6.45, 7) is 5.86. The number of carbonyl (C=O) groups excluding carboxylic acids is 1. The van der Waals surface area contributed by atoms with Gasteiger partial charge in [-0.2, -0.15) is 0 Å². The third-order valence-corrected chi connectivity index (χ3v) is 6.02. The highest BCUT2D eigenvalue weighted by atomic mass is 32.2. The summed E-state index contributed by atoms with van der Waals surface area (Å²) in [5.41, 5.74) is 3.01. The summed E-state index contributed by atoms with van der Waals surface area (Å²) in [4.78, 5) is 12.6. The second kappa shape index (κ2) is 8.12. The summed E-state index contributed by atoms with van der Waals surface area (Å²) in [6.07, 6.45) is 5.95. The molecule has 0 saturated heterocycles. The van der Waals surface area contributed by atoms with E-state index in [1.54, 1.807) is 4.68 Å². The average Bonchev–Trinajstić information content (AvgIpc) is 2.99. The first kappa shape index (κ1) is 18.8. The number of carbonyl (C=O) groups is 1. The van der Waals surface area contributed by atoms with Gasteiger partial charge < -0.3 is 11.2 Å². The molecule has 0 unspecified atom stereocenters. The molecule has 0 bridgehead atoms. The highest BCUT2D eigenvalue weighted by Crippen LogP contribution is 2.33. The average molecular weight is 374 g/mol. The van der Waals surface area contributed by atoms with E-state index in [0.29, 0.717) is 11.1 Å². The molecule has 26 heavy (non-hydrogen) atoms. The SMILES string of the molecule is Cc1ccc(C)c(NC(=O)[C@@H](C)Sc2nnc(C3CCCCC3)n2N)c1. The van der Waals surface area contributed by atoms with E-state index >= 15 is 0 Å². The zero-order valence-electron chi connectivity index (χ0n) is 15.7. The first-order valence-electron chi connectivity index (χ1n) is 9.21. The van der Waals surface area contributed by atoms with Crippen molar-refractivity contribution < 1.29 is 4.79 Å². The molecule has 1 atom stereocenters. The Morgan fingerprint density at radius 1 is 1.27 bits per heavy atom. The lowest BCUT2D eigenvalue weighted by Gasteiger charge is -2.20. The number of anilines is 1. The van der Waals surface area contributed by atoms with Gasteiger partial charge in [-0.3, -0.25) is 4.79 Å². The molecule has 3 N–H and O–H groups in total. The third-order valence-electron chi connectivity index (χ3n) is 4.96. The second-order valence-corrected chi connectivity index (χ2v) is 8.42. The standard InChI is InChI=1S/C19H27N5OS/c1-12-9-10-13(2)16(11-12)21-18(25)14(3)26-19-23-22-17(24(19)20)15-7-5-4-6-8-15/h9-11,14-15H,4-8,20H2,1-3H3,(H,21,25)/t14-/m1/s1. The van der Waals surface area contributed by atoms with E-state index in [-0.39, 0.29) is 11.2 Å². The molecule has 0 spiro atoms. The van der Waals surface area contributed by atoms with E-state index in [0.717, 1.165) is 35.5 Å². The highest BCUT2D eigenvalue weighted by Gasteiger charge is 2.25. The molecule has 6 nitrogen and oxygen atoms in total. The fourth-order valence-electron chi connectivity index (χ4n) is 3.32. The van der Waals surface area contributed by atoms with Crippen LogP contribution in [0.3, 0.4) is 0 Å². The molecular formula is C19H27N5OS. The summed E-state index contributed by atoms with van der Waals surface area (Å²) in [7, 11) is 0. The van der Waals surface area contributed by atoms with Crippen LogP contribution in [0.2, 0.25) is 0 Å². The van der Waals surface area contributed by atoms with Gasteiger partial charge in [0, 0.05) is 11.6 Å². The van der Waals surface area contributed by atoms with Crippen LogP contribution in [0.15, 0.2) is 23.4 Å². The van der Waals surface area contributed by atoms with Crippen molar-refractivity contribution in [3.63, 3.8) is 0 Å². The van der Waals surface area contributed by atoms with Crippen LogP contribution in [-0.2, 0) is 4.79 Å². The summed E-state index contributed by atoms with van der Waals surface area (Å²) >= 11 is 1.34. The Kier molecular flexibility index (Phi) is 5.86. The predicted octanol–water partition coefficient (Wildman–Crippen LogP) is 3.78. The van der Waals surface area contributed by atoms with Crippen molar-refractivity contribution in [3.05, 3.63) is 35.2 Å². The third kappa shape index (κ3) is 4.20. The molecule has 3 rings (SSSR count). The fraction of sp³-hybridized carbons (Fsp3) is 0.526. The van der Waals surface area contributed by atoms with Gasteiger partial charge in [0.15, 0.2) is 5.82 Å². The van der Waals surface area contributed by atoms with Gasteiger partial charge >= 0.3 is 0 Å². The van der Waals surface area contributed by atoms with Crippen LogP contribution in [0.4, 0.5) is 5.69 Å². The van der Waals surface area contributed by atoms with E-state index < -0.39 is 0 Å². The summed E-state index contributed by atoms with van der Waals surface area (Å²) in [6, 6.07) is 6.03. The van der Waals surface area contributed by atoms with E-state index in [1.807, 2.05) is 39.0 Å². The molecule has 1 fully saturated rings. The summed E-state index contributed by atoms with van der Waals surface area (Å²) in [5, 5.41) is 11.8. The largest absolute Gasteiger partial charge is 0.336 e. The van der Waals surface area contributed by atoms with Gasteiger partial charge in [0.25, 0.3) is 0 Å². The quantitative estimate of drug-likeness (QED) is 0.615. The topological polar surface area (TPSA) is 85.8 Å². The highest BCUT2D eigenvalue weighted by molar-refractivity contribution is 8.00. The Balaban J connectivity index is 1.65. The summed E-state index contributed by atoms with van der Waals surface area (Å²) in [5.74, 6) is 7.38. The Bertz CT molecular complexity index is 782.